The number of piperidine rings is 1. The Bertz CT molecular complexity index is 1150. The first kappa shape index (κ1) is 20.1. The van der Waals surface area contributed by atoms with E-state index >= 15 is 0 Å². The van der Waals surface area contributed by atoms with E-state index in [0.29, 0.717) is 5.88 Å². The van der Waals surface area contributed by atoms with Crippen molar-refractivity contribution in [1.29, 1.82) is 0 Å². The highest BCUT2D eigenvalue weighted by molar-refractivity contribution is 5.58. The number of hydrogen-bond acceptors (Lipinski definition) is 7. The van der Waals surface area contributed by atoms with Crippen molar-refractivity contribution in [3.05, 3.63) is 73.2 Å². The minimum Gasteiger partial charge on any atom is -0.474 e. The van der Waals surface area contributed by atoms with Crippen LogP contribution in [0.2, 0.25) is 0 Å². The van der Waals surface area contributed by atoms with Crippen LogP contribution in [0.25, 0.3) is 17.1 Å². The number of ether oxygens (including phenoxy) is 1. The summed E-state index contributed by atoms with van der Waals surface area (Å²) in [5, 5.41) is 0. The molecule has 8 heteroatoms. The van der Waals surface area contributed by atoms with Gasteiger partial charge in [-0.15, -0.1) is 0 Å². The van der Waals surface area contributed by atoms with Crippen LogP contribution in [0.1, 0.15) is 25.3 Å². The van der Waals surface area contributed by atoms with Gasteiger partial charge in [0.05, 0.1) is 5.69 Å². The maximum absolute atomic E-state index is 6.18. The van der Waals surface area contributed by atoms with Crippen molar-refractivity contribution in [2.75, 3.05) is 18.0 Å². The van der Waals surface area contributed by atoms with Crippen molar-refractivity contribution in [2.45, 2.75) is 32.3 Å². The second kappa shape index (κ2) is 9.13. The number of hydrogen-bond donors (Lipinski definition) is 0. The predicted octanol–water partition coefficient (Wildman–Crippen LogP) is 3.73. The van der Waals surface area contributed by atoms with Crippen molar-refractivity contribution in [1.82, 2.24) is 29.5 Å². The molecule has 4 heterocycles. The molecule has 0 amide bonds. The summed E-state index contributed by atoms with van der Waals surface area (Å²) < 4.78 is 8.06. The Balaban J connectivity index is 1.22. The molecule has 4 aromatic rings. The molecule has 0 unspecified atom stereocenters. The molecular weight excluding hydrogens is 402 g/mol. The standard InChI is InChI=1S/C24H25N7O/c1-2-18-13-25-24(26-14-18)30-10-8-20(9-11-30)32-23-12-22(27-16-28-23)31-15-21(29-17-31)19-6-4-3-5-7-19/h3-7,12-17,20H,2,8-11H2,1H3. The van der Waals surface area contributed by atoms with Crippen LogP contribution in [0.15, 0.2) is 67.6 Å². The van der Waals surface area contributed by atoms with E-state index in [2.05, 4.69) is 36.7 Å². The van der Waals surface area contributed by atoms with E-state index in [0.717, 1.165) is 60.9 Å². The van der Waals surface area contributed by atoms with Gasteiger partial charge in [0.25, 0.3) is 0 Å². The zero-order valence-corrected chi connectivity index (χ0v) is 18.0. The first-order valence-corrected chi connectivity index (χ1v) is 10.9. The molecule has 1 aliphatic rings. The maximum Gasteiger partial charge on any atom is 0.225 e. The molecule has 1 aromatic carbocycles. The predicted molar refractivity (Wildman–Crippen MR) is 122 cm³/mol. The highest BCUT2D eigenvalue weighted by Crippen LogP contribution is 2.22. The third kappa shape index (κ3) is 4.44. The van der Waals surface area contributed by atoms with Crippen molar-refractivity contribution >= 4 is 5.95 Å². The molecule has 0 saturated carbocycles. The SMILES string of the molecule is CCc1cnc(N2CCC(Oc3cc(-n4cnc(-c5ccccc5)c4)ncn3)CC2)nc1. The smallest absolute Gasteiger partial charge is 0.225 e. The van der Waals surface area contributed by atoms with E-state index in [1.54, 1.807) is 6.33 Å². The van der Waals surface area contributed by atoms with E-state index in [4.69, 9.17) is 4.74 Å². The van der Waals surface area contributed by atoms with Crippen molar-refractivity contribution in [3.8, 4) is 23.0 Å². The number of anilines is 1. The van der Waals surface area contributed by atoms with Crippen molar-refractivity contribution in [3.63, 3.8) is 0 Å². The fraction of sp³-hybridized carbons (Fsp3) is 0.292. The van der Waals surface area contributed by atoms with E-state index in [-0.39, 0.29) is 6.10 Å². The normalized spacial score (nSPS) is 14.5. The monoisotopic (exact) mass is 427 g/mol. The lowest BCUT2D eigenvalue weighted by molar-refractivity contribution is 0.163. The second-order valence-corrected chi connectivity index (χ2v) is 7.80. The Morgan fingerprint density at radius 2 is 1.75 bits per heavy atom. The van der Waals surface area contributed by atoms with Gasteiger partial charge in [-0.2, -0.15) is 0 Å². The Hall–Kier alpha value is -3.81. The van der Waals surface area contributed by atoms with Crippen LogP contribution in [0.4, 0.5) is 5.95 Å². The van der Waals surface area contributed by atoms with Crippen molar-refractivity contribution in [2.24, 2.45) is 0 Å². The molecule has 1 aliphatic heterocycles. The molecule has 0 radical (unpaired) electrons. The minimum absolute atomic E-state index is 0.103. The Morgan fingerprint density at radius 3 is 2.50 bits per heavy atom. The fourth-order valence-corrected chi connectivity index (χ4v) is 3.78. The molecule has 0 aliphatic carbocycles. The number of rotatable bonds is 6. The molecule has 0 N–H and O–H groups in total. The average molecular weight is 428 g/mol. The van der Waals surface area contributed by atoms with Gasteiger partial charge in [0.15, 0.2) is 0 Å². The van der Waals surface area contributed by atoms with Gasteiger partial charge in [-0.3, -0.25) is 4.57 Å². The summed E-state index contributed by atoms with van der Waals surface area (Å²) in [6, 6.07) is 11.9. The fourth-order valence-electron chi connectivity index (χ4n) is 3.78. The summed E-state index contributed by atoms with van der Waals surface area (Å²) in [6.45, 7) is 3.82. The molecule has 1 saturated heterocycles. The lowest BCUT2D eigenvalue weighted by Gasteiger charge is -2.31. The minimum atomic E-state index is 0.103. The van der Waals surface area contributed by atoms with Crippen LogP contribution in [0, 0.1) is 0 Å². The molecule has 0 atom stereocenters. The van der Waals surface area contributed by atoms with E-state index in [9.17, 15) is 0 Å². The van der Waals surface area contributed by atoms with Gasteiger partial charge in [-0.25, -0.2) is 24.9 Å². The van der Waals surface area contributed by atoms with Crippen molar-refractivity contribution < 1.29 is 4.74 Å². The molecule has 162 valence electrons. The van der Waals surface area contributed by atoms with E-state index in [1.165, 1.54) is 6.33 Å². The van der Waals surface area contributed by atoms with Gasteiger partial charge in [-0.05, 0) is 12.0 Å². The van der Waals surface area contributed by atoms with Crippen LogP contribution in [-0.4, -0.2) is 48.7 Å². The number of aromatic nitrogens is 6. The molecule has 0 bridgehead atoms. The van der Waals surface area contributed by atoms with Crippen LogP contribution in [0.3, 0.4) is 0 Å². The van der Waals surface area contributed by atoms with Crippen LogP contribution in [-0.2, 0) is 6.42 Å². The average Bonchev–Trinajstić information content (AvgIpc) is 3.36. The number of imidazole rings is 1. The summed E-state index contributed by atoms with van der Waals surface area (Å²) in [7, 11) is 0. The van der Waals surface area contributed by atoms with Gasteiger partial charge in [0, 0.05) is 56.2 Å². The molecule has 8 nitrogen and oxygen atoms in total. The third-order valence-electron chi connectivity index (χ3n) is 5.66. The Kier molecular flexibility index (Phi) is 5.74. The Morgan fingerprint density at radius 1 is 0.969 bits per heavy atom. The van der Waals surface area contributed by atoms with Gasteiger partial charge < -0.3 is 9.64 Å². The summed E-state index contributed by atoms with van der Waals surface area (Å²) in [5.74, 6) is 2.10. The van der Waals surface area contributed by atoms with Crippen LogP contribution < -0.4 is 9.64 Å². The highest BCUT2D eigenvalue weighted by Gasteiger charge is 2.22. The molecule has 3 aromatic heterocycles. The Labute approximate surface area is 187 Å². The molecule has 32 heavy (non-hydrogen) atoms. The first-order valence-electron chi connectivity index (χ1n) is 10.9. The second-order valence-electron chi connectivity index (χ2n) is 7.80. The lowest BCUT2D eigenvalue weighted by Crippen LogP contribution is -2.39. The van der Waals surface area contributed by atoms with Crippen LogP contribution in [0.5, 0.6) is 5.88 Å². The lowest BCUT2D eigenvalue weighted by atomic mass is 10.1. The molecular formula is C24H25N7O. The van der Waals surface area contributed by atoms with E-state index < -0.39 is 0 Å². The summed E-state index contributed by atoms with van der Waals surface area (Å²) in [4.78, 5) is 24.4. The third-order valence-corrected chi connectivity index (χ3v) is 5.66. The highest BCUT2D eigenvalue weighted by atomic mass is 16.5. The number of benzene rings is 1. The summed E-state index contributed by atoms with van der Waals surface area (Å²) in [6.07, 6.45) is 11.9. The maximum atomic E-state index is 6.18. The summed E-state index contributed by atoms with van der Waals surface area (Å²) >= 11 is 0. The molecule has 1 fully saturated rings. The molecule has 5 rings (SSSR count). The number of nitrogens with zero attached hydrogens (tertiary/aromatic N) is 7. The quantitative estimate of drug-likeness (QED) is 0.464. The first-order chi connectivity index (χ1) is 15.8. The van der Waals surface area contributed by atoms with Gasteiger partial charge in [-0.1, -0.05) is 37.3 Å². The zero-order valence-electron chi connectivity index (χ0n) is 18.0. The van der Waals surface area contributed by atoms with Crippen LogP contribution >= 0.6 is 0 Å². The van der Waals surface area contributed by atoms with E-state index in [1.807, 2.05) is 59.6 Å². The number of aryl methyl sites for hydroxylation is 1. The van der Waals surface area contributed by atoms with Gasteiger partial charge in [0.1, 0.15) is 24.6 Å². The van der Waals surface area contributed by atoms with Gasteiger partial charge in [0.2, 0.25) is 11.8 Å². The zero-order chi connectivity index (χ0) is 21.8. The largest absolute Gasteiger partial charge is 0.474 e. The topological polar surface area (TPSA) is 81.9 Å². The van der Waals surface area contributed by atoms with Gasteiger partial charge >= 0.3 is 0 Å². The molecule has 0 spiro atoms. The summed E-state index contributed by atoms with van der Waals surface area (Å²) in [5.41, 5.74) is 3.12.